The van der Waals surface area contributed by atoms with Crippen LogP contribution in [0.25, 0.3) is 0 Å². The Labute approximate surface area is 120 Å². The topological polar surface area (TPSA) is 38.9 Å². The van der Waals surface area contributed by atoms with E-state index in [0.717, 1.165) is 29.2 Å². The van der Waals surface area contributed by atoms with Gasteiger partial charge in [-0.05, 0) is 43.9 Å². The smallest absolute Gasteiger partial charge is 0.0897 e. The predicted octanol–water partition coefficient (Wildman–Crippen LogP) is 3.93. The summed E-state index contributed by atoms with van der Waals surface area (Å²) in [5, 5.41) is 3.35. The molecule has 4 unspecified atom stereocenters. The zero-order chi connectivity index (χ0) is 13.2. The minimum Gasteiger partial charge on any atom is -0.327 e. The monoisotopic (exact) mass is 278 g/mol. The van der Waals surface area contributed by atoms with Gasteiger partial charge in [-0.25, -0.2) is 4.98 Å². The van der Waals surface area contributed by atoms with Crippen molar-refractivity contribution in [1.82, 2.24) is 4.98 Å². The van der Waals surface area contributed by atoms with Crippen molar-refractivity contribution >= 4 is 11.3 Å². The highest BCUT2D eigenvalue weighted by molar-refractivity contribution is 7.09. The van der Waals surface area contributed by atoms with Gasteiger partial charge in [-0.15, -0.1) is 11.3 Å². The summed E-state index contributed by atoms with van der Waals surface area (Å²) >= 11 is 1.74. The van der Waals surface area contributed by atoms with E-state index in [9.17, 15) is 0 Å². The first-order valence-corrected chi connectivity index (χ1v) is 8.77. The fourth-order valence-corrected chi connectivity index (χ4v) is 4.83. The third-order valence-corrected chi connectivity index (χ3v) is 6.12. The maximum absolute atomic E-state index is 6.48. The molecule has 2 aliphatic rings. The molecule has 0 bridgehead atoms. The van der Waals surface area contributed by atoms with Crippen LogP contribution in [0.5, 0.6) is 0 Å². The third kappa shape index (κ3) is 3.19. The molecule has 2 fully saturated rings. The maximum Gasteiger partial charge on any atom is 0.0897 e. The Bertz CT molecular complexity index is 415. The second kappa shape index (κ2) is 5.92. The van der Waals surface area contributed by atoms with Crippen molar-refractivity contribution in [2.75, 3.05) is 0 Å². The second-order valence-electron chi connectivity index (χ2n) is 6.60. The van der Waals surface area contributed by atoms with Gasteiger partial charge in [-0.2, -0.15) is 0 Å². The van der Waals surface area contributed by atoms with Gasteiger partial charge in [-0.3, -0.25) is 0 Å². The lowest BCUT2D eigenvalue weighted by molar-refractivity contribution is 0.117. The summed E-state index contributed by atoms with van der Waals surface area (Å²) in [6.07, 6.45) is 11.0. The number of hydrogen-bond donors (Lipinski definition) is 1. The van der Waals surface area contributed by atoms with Crippen molar-refractivity contribution in [3.05, 3.63) is 16.1 Å². The zero-order valence-electron chi connectivity index (χ0n) is 12.0. The molecule has 1 aromatic rings. The molecular weight excluding hydrogens is 252 g/mol. The van der Waals surface area contributed by atoms with E-state index in [4.69, 9.17) is 5.73 Å². The molecule has 2 aliphatic carbocycles. The Morgan fingerprint density at radius 3 is 2.79 bits per heavy atom. The van der Waals surface area contributed by atoms with Crippen molar-refractivity contribution in [3.63, 3.8) is 0 Å². The zero-order valence-corrected chi connectivity index (χ0v) is 12.8. The molecule has 19 heavy (non-hydrogen) atoms. The summed E-state index contributed by atoms with van der Waals surface area (Å²) in [6, 6.07) is 0.323. The van der Waals surface area contributed by atoms with Crippen molar-refractivity contribution in [3.8, 4) is 0 Å². The van der Waals surface area contributed by atoms with E-state index >= 15 is 0 Å². The average molecular weight is 278 g/mol. The lowest BCUT2D eigenvalue weighted by Crippen LogP contribution is -2.38. The molecule has 0 saturated heterocycles. The van der Waals surface area contributed by atoms with Crippen molar-refractivity contribution in [2.45, 2.75) is 64.3 Å². The quantitative estimate of drug-likeness (QED) is 0.910. The first-order chi connectivity index (χ1) is 9.22. The molecular formula is C16H26N2S. The molecule has 1 heterocycles. The molecule has 2 N–H and O–H groups in total. The van der Waals surface area contributed by atoms with E-state index in [1.807, 2.05) is 0 Å². The normalized spacial score (nSPS) is 32.8. The third-order valence-electron chi connectivity index (χ3n) is 5.30. The number of aryl methyl sites for hydroxylation is 1. The van der Waals surface area contributed by atoms with Crippen LogP contribution in [0, 0.1) is 24.7 Å². The molecule has 3 heteroatoms. The molecule has 4 atom stereocenters. The van der Waals surface area contributed by atoms with Crippen molar-refractivity contribution < 1.29 is 0 Å². The van der Waals surface area contributed by atoms with Crippen LogP contribution < -0.4 is 5.73 Å². The number of fused-ring (bicyclic) bond motifs is 1. The van der Waals surface area contributed by atoms with Crippen LogP contribution in [0.3, 0.4) is 0 Å². The van der Waals surface area contributed by atoms with Crippen LogP contribution in [-0.2, 0) is 6.42 Å². The first kappa shape index (κ1) is 13.6. The van der Waals surface area contributed by atoms with Gasteiger partial charge in [0.1, 0.15) is 0 Å². The van der Waals surface area contributed by atoms with Gasteiger partial charge < -0.3 is 5.73 Å². The summed E-state index contributed by atoms with van der Waals surface area (Å²) in [5.41, 5.74) is 7.69. The van der Waals surface area contributed by atoms with Gasteiger partial charge in [0, 0.05) is 17.8 Å². The lowest BCUT2D eigenvalue weighted by Gasteiger charge is -2.41. The molecule has 0 spiro atoms. The number of nitrogens with two attached hydrogens (primary N) is 1. The standard InChI is InChI=1S/C16H26N2S/c1-11-18-15(10-19-11)9-16(17)14-7-6-12-4-2-3-5-13(12)8-14/h10,12-14,16H,2-9,17H2,1H3. The Morgan fingerprint density at radius 2 is 2.05 bits per heavy atom. The number of thiazole rings is 1. The predicted molar refractivity (Wildman–Crippen MR) is 81.3 cm³/mol. The molecule has 0 amide bonds. The fraction of sp³-hybridized carbons (Fsp3) is 0.812. The summed E-state index contributed by atoms with van der Waals surface area (Å²) in [4.78, 5) is 4.57. The first-order valence-electron chi connectivity index (χ1n) is 7.89. The summed E-state index contributed by atoms with van der Waals surface area (Å²) < 4.78 is 0. The summed E-state index contributed by atoms with van der Waals surface area (Å²) in [7, 11) is 0. The summed E-state index contributed by atoms with van der Waals surface area (Å²) in [6.45, 7) is 2.08. The van der Waals surface area contributed by atoms with Gasteiger partial charge in [0.2, 0.25) is 0 Å². The van der Waals surface area contributed by atoms with E-state index in [1.165, 1.54) is 50.6 Å². The van der Waals surface area contributed by atoms with Crippen LogP contribution in [0.2, 0.25) is 0 Å². The fourth-order valence-electron chi connectivity index (χ4n) is 4.21. The molecule has 2 nitrogen and oxygen atoms in total. The minimum atomic E-state index is 0.323. The van der Waals surface area contributed by atoms with E-state index in [0.29, 0.717) is 6.04 Å². The highest BCUT2D eigenvalue weighted by Crippen LogP contribution is 2.43. The molecule has 106 valence electrons. The van der Waals surface area contributed by atoms with Crippen LogP contribution in [0.1, 0.15) is 55.6 Å². The molecule has 0 aliphatic heterocycles. The van der Waals surface area contributed by atoms with E-state index in [1.54, 1.807) is 11.3 Å². The lowest BCUT2D eigenvalue weighted by atomic mass is 9.66. The number of nitrogens with zero attached hydrogens (tertiary/aromatic N) is 1. The Kier molecular flexibility index (Phi) is 4.23. The summed E-state index contributed by atoms with van der Waals surface area (Å²) in [5.74, 6) is 2.75. The van der Waals surface area contributed by atoms with Crippen LogP contribution >= 0.6 is 11.3 Å². The second-order valence-corrected chi connectivity index (χ2v) is 7.67. The number of hydrogen-bond acceptors (Lipinski definition) is 3. The highest BCUT2D eigenvalue weighted by Gasteiger charge is 2.34. The number of aromatic nitrogens is 1. The van der Waals surface area contributed by atoms with Crippen LogP contribution in [0.4, 0.5) is 0 Å². The van der Waals surface area contributed by atoms with Gasteiger partial charge in [0.15, 0.2) is 0 Å². The molecule has 3 rings (SSSR count). The van der Waals surface area contributed by atoms with Gasteiger partial charge in [-0.1, -0.05) is 25.7 Å². The Hall–Kier alpha value is -0.410. The highest BCUT2D eigenvalue weighted by atomic mass is 32.1. The Morgan fingerprint density at radius 1 is 1.26 bits per heavy atom. The Balaban J connectivity index is 1.56. The van der Waals surface area contributed by atoms with Gasteiger partial charge in [0.25, 0.3) is 0 Å². The van der Waals surface area contributed by atoms with Gasteiger partial charge >= 0.3 is 0 Å². The van der Waals surface area contributed by atoms with Crippen LogP contribution in [0.15, 0.2) is 5.38 Å². The van der Waals surface area contributed by atoms with E-state index in [-0.39, 0.29) is 0 Å². The van der Waals surface area contributed by atoms with Crippen molar-refractivity contribution in [2.24, 2.45) is 23.5 Å². The van der Waals surface area contributed by atoms with E-state index < -0.39 is 0 Å². The molecule has 0 aromatic carbocycles. The minimum absolute atomic E-state index is 0.323. The maximum atomic E-state index is 6.48. The number of rotatable bonds is 3. The average Bonchev–Trinajstić information content (AvgIpc) is 2.83. The molecule has 2 saturated carbocycles. The molecule has 1 aromatic heterocycles. The van der Waals surface area contributed by atoms with Crippen LogP contribution in [-0.4, -0.2) is 11.0 Å². The molecule has 0 radical (unpaired) electrons. The van der Waals surface area contributed by atoms with Gasteiger partial charge in [0.05, 0.1) is 10.7 Å². The largest absolute Gasteiger partial charge is 0.327 e. The SMILES string of the molecule is Cc1nc(CC(N)C2CCC3CCCCC3C2)cs1. The van der Waals surface area contributed by atoms with Crippen molar-refractivity contribution in [1.29, 1.82) is 0 Å². The van der Waals surface area contributed by atoms with E-state index in [2.05, 4.69) is 17.3 Å².